The molecule has 0 unspecified atom stereocenters. The molecule has 0 bridgehead atoms. The lowest BCUT2D eigenvalue weighted by Gasteiger charge is -2.07. The summed E-state index contributed by atoms with van der Waals surface area (Å²) in [4.78, 5) is 11.7. The van der Waals surface area contributed by atoms with Crippen LogP contribution in [0.25, 0.3) is 10.8 Å². The van der Waals surface area contributed by atoms with Gasteiger partial charge in [0.2, 0.25) is 0 Å². The summed E-state index contributed by atoms with van der Waals surface area (Å²) in [5.74, 6) is 1.92. The van der Waals surface area contributed by atoms with Gasteiger partial charge in [-0.05, 0) is 11.5 Å². The summed E-state index contributed by atoms with van der Waals surface area (Å²) in [6.07, 6.45) is 6.30. The Morgan fingerprint density at radius 2 is 2.00 bits per heavy atom. The van der Waals surface area contributed by atoms with Crippen molar-refractivity contribution < 1.29 is 0 Å². The lowest BCUT2D eigenvalue weighted by molar-refractivity contribution is 0.923. The van der Waals surface area contributed by atoms with Crippen LogP contribution < -0.4 is 5.32 Å². The maximum Gasteiger partial charge on any atom is 0.133 e. The maximum absolute atomic E-state index is 4.38. The highest BCUT2D eigenvalue weighted by Gasteiger charge is 2.01. The van der Waals surface area contributed by atoms with Gasteiger partial charge in [0.25, 0.3) is 0 Å². The van der Waals surface area contributed by atoms with Crippen LogP contribution in [0.4, 0.5) is 5.82 Å². The van der Waals surface area contributed by atoms with Crippen molar-refractivity contribution in [2.45, 2.75) is 6.42 Å². The van der Waals surface area contributed by atoms with Gasteiger partial charge in [-0.1, -0.05) is 24.3 Å². The monoisotopic (exact) mass is 238 g/mol. The molecule has 3 rings (SSSR count). The number of anilines is 1. The number of hydrogen-bond acceptors (Lipinski definition) is 3. The summed E-state index contributed by atoms with van der Waals surface area (Å²) in [5, 5.41) is 5.71. The number of imidazole rings is 1. The molecule has 2 aromatic heterocycles. The van der Waals surface area contributed by atoms with Crippen LogP contribution in [0.1, 0.15) is 5.82 Å². The molecule has 0 aliphatic heterocycles. The number of hydrogen-bond donors (Lipinski definition) is 2. The van der Waals surface area contributed by atoms with Crippen molar-refractivity contribution in [3.8, 4) is 0 Å². The van der Waals surface area contributed by atoms with Gasteiger partial charge in [0.05, 0.1) is 0 Å². The summed E-state index contributed by atoms with van der Waals surface area (Å²) in [7, 11) is 0. The zero-order valence-corrected chi connectivity index (χ0v) is 9.93. The van der Waals surface area contributed by atoms with Gasteiger partial charge in [-0.15, -0.1) is 0 Å². The van der Waals surface area contributed by atoms with Crippen LogP contribution in [0, 0.1) is 0 Å². The molecule has 3 aromatic rings. The van der Waals surface area contributed by atoms with E-state index in [0.717, 1.165) is 30.0 Å². The zero-order chi connectivity index (χ0) is 12.2. The number of fused-ring (bicyclic) bond motifs is 1. The van der Waals surface area contributed by atoms with Crippen molar-refractivity contribution >= 4 is 16.6 Å². The van der Waals surface area contributed by atoms with Crippen LogP contribution in [-0.4, -0.2) is 21.5 Å². The molecule has 0 radical (unpaired) electrons. The molecule has 1 aromatic carbocycles. The highest BCUT2D eigenvalue weighted by molar-refractivity contribution is 5.91. The summed E-state index contributed by atoms with van der Waals surface area (Å²) >= 11 is 0. The van der Waals surface area contributed by atoms with Crippen LogP contribution >= 0.6 is 0 Å². The normalized spacial score (nSPS) is 10.7. The van der Waals surface area contributed by atoms with Crippen molar-refractivity contribution in [1.29, 1.82) is 0 Å². The molecule has 0 aliphatic rings. The fraction of sp³-hybridized carbons (Fsp3) is 0.143. The van der Waals surface area contributed by atoms with Crippen LogP contribution in [0.15, 0.2) is 48.9 Å². The molecule has 4 heteroatoms. The highest BCUT2D eigenvalue weighted by Crippen LogP contribution is 2.19. The number of nitrogens with one attached hydrogen (secondary N) is 2. The van der Waals surface area contributed by atoms with E-state index in [1.807, 2.05) is 30.6 Å². The first-order valence-electron chi connectivity index (χ1n) is 5.99. The number of aromatic nitrogens is 3. The van der Waals surface area contributed by atoms with E-state index in [1.54, 1.807) is 6.20 Å². The van der Waals surface area contributed by atoms with E-state index >= 15 is 0 Å². The molecule has 0 saturated carbocycles. The molecule has 0 spiro atoms. The van der Waals surface area contributed by atoms with Gasteiger partial charge in [-0.3, -0.25) is 0 Å². The molecule has 2 heterocycles. The Kier molecular flexibility index (Phi) is 2.92. The molecule has 0 saturated heterocycles. The zero-order valence-electron chi connectivity index (χ0n) is 9.93. The minimum atomic E-state index is 0.814. The van der Waals surface area contributed by atoms with Crippen molar-refractivity contribution in [2.24, 2.45) is 0 Å². The van der Waals surface area contributed by atoms with Crippen LogP contribution in [0.5, 0.6) is 0 Å². The molecular weight excluding hydrogens is 224 g/mol. The Balaban J connectivity index is 1.74. The van der Waals surface area contributed by atoms with E-state index in [1.165, 1.54) is 5.39 Å². The van der Waals surface area contributed by atoms with Crippen molar-refractivity contribution in [3.05, 3.63) is 54.7 Å². The molecule has 0 aliphatic carbocycles. The predicted molar refractivity (Wildman–Crippen MR) is 72.5 cm³/mol. The van der Waals surface area contributed by atoms with E-state index in [0.29, 0.717) is 0 Å². The van der Waals surface area contributed by atoms with E-state index in [-0.39, 0.29) is 0 Å². The van der Waals surface area contributed by atoms with Crippen LogP contribution in [-0.2, 0) is 6.42 Å². The predicted octanol–water partition coefficient (Wildman–Crippen LogP) is 2.61. The number of pyridine rings is 1. The number of rotatable bonds is 4. The number of aromatic amines is 1. The SMILES string of the molecule is c1ccc2c(NCCc3ncc[nH]3)nccc2c1. The number of nitrogens with zero attached hydrogens (tertiary/aromatic N) is 2. The Morgan fingerprint density at radius 1 is 1.06 bits per heavy atom. The average Bonchev–Trinajstić information content (AvgIpc) is 2.92. The second-order valence-corrected chi connectivity index (χ2v) is 4.09. The quantitative estimate of drug-likeness (QED) is 0.734. The standard InChI is InChI=1S/C14H14N4/c1-2-4-12-11(3-1)5-7-17-14(12)18-8-6-13-15-9-10-16-13/h1-5,7,9-10H,6,8H2,(H,15,16)(H,17,18). The third kappa shape index (κ3) is 2.18. The first-order valence-corrected chi connectivity index (χ1v) is 5.99. The van der Waals surface area contributed by atoms with Gasteiger partial charge in [-0.25, -0.2) is 9.97 Å². The summed E-state index contributed by atoms with van der Waals surface area (Å²) in [6.45, 7) is 0.814. The number of benzene rings is 1. The largest absolute Gasteiger partial charge is 0.369 e. The van der Waals surface area contributed by atoms with E-state index in [4.69, 9.17) is 0 Å². The Hall–Kier alpha value is -2.36. The van der Waals surface area contributed by atoms with Crippen molar-refractivity contribution in [2.75, 3.05) is 11.9 Å². The second-order valence-electron chi connectivity index (χ2n) is 4.09. The Morgan fingerprint density at radius 3 is 2.89 bits per heavy atom. The van der Waals surface area contributed by atoms with E-state index in [9.17, 15) is 0 Å². The fourth-order valence-electron chi connectivity index (χ4n) is 1.99. The van der Waals surface area contributed by atoms with Gasteiger partial charge in [0.15, 0.2) is 0 Å². The molecule has 0 fully saturated rings. The van der Waals surface area contributed by atoms with Gasteiger partial charge in [0.1, 0.15) is 11.6 Å². The summed E-state index contributed by atoms with van der Waals surface area (Å²) in [6, 6.07) is 10.3. The molecule has 0 atom stereocenters. The van der Waals surface area contributed by atoms with Gasteiger partial charge >= 0.3 is 0 Å². The average molecular weight is 238 g/mol. The molecule has 4 nitrogen and oxygen atoms in total. The third-order valence-electron chi connectivity index (χ3n) is 2.88. The summed E-state index contributed by atoms with van der Waals surface area (Å²) < 4.78 is 0. The maximum atomic E-state index is 4.38. The molecule has 18 heavy (non-hydrogen) atoms. The number of H-pyrrole nitrogens is 1. The van der Waals surface area contributed by atoms with E-state index < -0.39 is 0 Å². The third-order valence-corrected chi connectivity index (χ3v) is 2.88. The first-order chi connectivity index (χ1) is 8.93. The van der Waals surface area contributed by atoms with Gasteiger partial charge < -0.3 is 10.3 Å². The van der Waals surface area contributed by atoms with Crippen LogP contribution in [0.2, 0.25) is 0 Å². The highest BCUT2D eigenvalue weighted by atomic mass is 15.0. The first kappa shape index (κ1) is 10.8. The topological polar surface area (TPSA) is 53.6 Å². The fourth-order valence-corrected chi connectivity index (χ4v) is 1.99. The van der Waals surface area contributed by atoms with E-state index in [2.05, 4.69) is 32.4 Å². The lowest BCUT2D eigenvalue weighted by atomic mass is 10.1. The van der Waals surface area contributed by atoms with Gasteiger partial charge in [0, 0.05) is 36.9 Å². The molecule has 90 valence electrons. The lowest BCUT2D eigenvalue weighted by Crippen LogP contribution is -2.07. The summed E-state index contributed by atoms with van der Waals surface area (Å²) in [5.41, 5.74) is 0. The Bertz CT molecular complexity index is 626. The van der Waals surface area contributed by atoms with Crippen molar-refractivity contribution in [3.63, 3.8) is 0 Å². The molecule has 0 amide bonds. The second kappa shape index (κ2) is 4.87. The molecular formula is C14H14N4. The molecule has 2 N–H and O–H groups in total. The van der Waals surface area contributed by atoms with Crippen molar-refractivity contribution in [1.82, 2.24) is 15.0 Å². The minimum Gasteiger partial charge on any atom is -0.369 e. The smallest absolute Gasteiger partial charge is 0.133 e. The van der Waals surface area contributed by atoms with Crippen LogP contribution in [0.3, 0.4) is 0 Å². The van der Waals surface area contributed by atoms with Gasteiger partial charge in [-0.2, -0.15) is 0 Å². The Labute approximate surface area is 105 Å². The minimum absolute atomic E-state index is 0.814.